The van der Waals surface area contributed by atoms with Crippen LogP contribution in [0.5, 0.6) is 0 Å². The monoisotopic (exact) mass is 342 g/mol. The van der Waals surface area contributed by atoms with E-state index in [1.807, 2.05) is 0 Å². The Bertz CT molecular complexity index is 673. The number of carboxylic acids is 1. The molecule has 2 aromatic carbocycles. The second-order valence-electron chi connectivity index (χ2n) is 4.08. The van der Waals surface area contributed by atoms with Crippen molar-refractivity contribution in [3.05, 3.63) is 69.2 Å². The van der Waals surface area contributed by atoms with Gasteiger partial charge in [0, 0.05) is 5.56 Å². The van der Waals surface area contributed by atoms with Crippen LogP contribution in [0.3, 0.4) is 0 Å². The van der Waals surface area contributed by atoms with Crippen molar-refractivity contribution in [1.82, 2.24) is 0 Å². The van der Waals surface area contributed by atoms with Crippen molar-refractivity contribution in [2.75, 3.05) is 0 Å². The molecule has 6 heteroatoms. The summed E-state index contributed by atoms with van der Waals surface area (Å²) in [6.07, 6.45) is -1.56. The fourth-order valence-electron chi connectivity index (χ4n) is 1.85. The minimum absolute atomic E-state index is 0.000576. The maximum absolute atomic E-state index is 13.8. The smallest absolute Gasteiger partial charge is 0.336 e. The highest BCUT2D eigenvalue weighted by Gasteiger charge is 2.22. The van der Waals surface area contributed by atoms with Crippen LogP contribution in [0.15, 0.2) is 40.9 Å². The molecule has 0 saturated carbocycles. The molecule has 2 N–H and O–H groups in total. The molecule has 0 radical (unpaired) electrons. The molecule has 3 nitrogen and oxygen atoms in total. The molecule has 0 aliphatic carbocycles. The van der Waals surface area contributed by atoms with Crippen LogP contribution in [0.2, 0.25) is 0 Å². The summed E-state index contributed by atoms with van der Waals surface area (Å²) >= 11 is 2.83. The summed E-state index contributed by atoms with van der Waals surface area (Å²) in [6.45, 7) is 0. The maximum atomic E-state index is 13.8. The SMILES string of the molecule is O=C(O)c1ccccc1C(O)c1cc(F)c(Br)cc1F. The Labute approximate surface area is 121 Å². The summed E-state index contributed by atoms with van der Waals surface area (Å²) in [5.74, 6) is -2.82. The third-order valence-corrected chi connectivity index (χ3v) is 3.43. The van der Waals surface area contributed by atoms with Crippen LogP contribution in [-0.2, 0) is 0 Å². The Morgan fingerprint density at radius 2 is 1.75 bits per heavy atom. The lowest BCUT2D eigenvalue weighted by Gasteiger charge is -2.15. The van der Waals surface area contributed by atoms with Crippen LogP contribution in [0.25, 0.3) is 0 Å². The van der Waals surface area contributed by atoms with E-state index in [4.69, 9.17) is 5.11 Å². The molecule has 0 spiro atoms. The zero-order chi connectivity index (χ0) is 14.9. The first-order valence-corrected chi connectivity index (χ1v) is 6.36. The van der Waals surface area contributed by atoms with Gasteiger partial charge >= 0.3 is 5.97 Å². The molecule has 104 valence electrons. The van der Waals surface area contributed by atoms with Gasteiger partial charge < -0.3 is 10.2 Å². The minimum atomic E-state index is -1.56. The van der Waals surface area contributed by atoms with E-state index in [-0.39, 0.29) is 21.2 Å². The standard InChI is InChI=1S/C14H9BrF2O3/c15-10-6-11(16)9(5-12(10)17)13(18)7-3-1-2-4-8(7)14(19)20/h1-6,13,18H,(H,19,20). The van der Waals surface area contributed by atoms with Gasteiger partial charge in [0.1, 0.15) is 17.7 Å². The third kappa shape index (κ3) is 2.71. The average molecular weight is 343 g/mol. The van der Waals surface area contributed by atoms with Crippen LogP contribution in [0.4, 0.5) is 8.78 Å². The highest BCUT2D eigenvalue weighted by molar-refractivity contribution is 9.10. The van der Waals surface area contributed by atoms with Gasteiger partial charge in [-0.3, -0.25) is 0 Å². The average Bonchev–Trinajstić information content (AvgIpc) is 2.42. The number of benzene rings is 2. The molecule has 0 aliphatic heterocycles. The molecule has 0 saturated heterocycles. The number of rotatable bonds is 3. The molecule has 2 aromatic rings. The number of halogens is 3. The molecule has 0 amide bonds. The maximum Gasteiger partial charge on any atom is 0.336 e. The van der Waals surface area contributed by atoms with Gasteiger partial charge in [-0.05, 0) is 39.7 Å². The van der Waals surface area contributed by atoms with E-state index < -0.39 is 23.7 Å². The van der Waals surface area contributed by atoms with E-state index in [2.05, 4.69) is 15.9 Å². The fraction of sp³-hybridized carbons (Fsp3) is 0.0714. The Hall–Kier alpha value is -1.79. The van der Waals surface area contributed by atoms with Crippen LogP contribution >= 0.6 is 15.9 Å². The highest BCUT2D eigenvalue weighted by atomic mass is 79.9. The molecule has 0 aliphatic rings. The van der Waals surface area contributed by atoms with E-state index in [0.29, 0.717) is 0 Å². The largest absolute Gasteiger partial charge is 0.478 e. The molecule has 1 atom stereocenters. The van der Waals surface area contributed by atoms with Crippen LogP contribution in [-0.4, -0.2) is 16.2 Å². The van der Waals surface area contributed by atoms with Gasteiger partial charge in [-0.25, -0.2) is 13.6 Å². The van der Waals surface area contributed by atoms with Gasteiger partial charge in [0.15, 0.2) is 0 Å². The first-order chi connectivity index (χ1) is 9.41. The first kappa shape index (κ1) is 14.6. The van der Waals surface area contributed by atoms with E-state index in [1.54, 1.807) is 0 Å². The zero-order valence-electron chi connectivity index (χ0n) is 9.98. The van der Waals surface area contributed by atoms with Gasteiger partial charge in [-0.15, -0.1) is 0 Å². The fourth-order valence-corrected chi connectivity index (χ4v) is 2.16. The van der Waals surface area contributed by atoms with Crippen LogP contribution in [0, 0.1) is 11.6 Å². The number of carboxylic acid groups (broad SMARTS) is 1. The Balaban J connectivity index is 2.55. The highest BCUT2D eigenvalue weighted by Crippen LogP contribution is 2.30. The normalized spacial score (nSPS) is 12.2. The van der Waals surface area contributed by atoms with Crippen molar-refractivity contribution >= 4 is 21.9 Å². The van der Waals surface area contributed by atoms with Crippen LogP contribution in [0.1, 0.15) is 27.6 Å². The number of aliphatic hydroxyl groups is 1. The lowest BCUT2D eigenvalue weighted by Crippen LogP contribution is -2.10. The van der Waals surface area contributed by atoms with Gasteiger partial charge in [-0.1, -0.05) is 18.2 Å². The third-order valence-electron chi connectivity index (χ3n) is 2.82. The zero-order valence-corrected chi connectivity index (χ0v) is 11.6. The molecular formula is C14H9BrF2O3. The summed E-state index contributed by atoms with van der Waals surface area (Å²) in [5.41, 5.74) is -0.484. The summed E-state index contributed by atoms with van der Waals surface area (Å²) in [5, 5.41) is 19.2. The van der Waals surface area contributed by atoms with Crippen molar-refractivity contribution in [2.24, 2.45) is 0 Å². The number of hydrogen-bond acceptors (Lipinski definition) is 2. The van der Waals surface area contributed by atoms with Crippen molar-refractivity contribution in [3.63, 3.8) is 0 Å². The Kier molecular flexibility index (Phi) is 4.15. The molecule has 0 fully saturated rings. The predicted molar refractivity (Wildman–Crippen MR) is 71.5 cm³/mol. The van der Waals surface area contributed by atoms with Crippen LogP contribution < -0.4 is 0 Å². The number of carbonyl (C=O) groups is 1. The topological polar surface area (TPSA) is 57.5 Å². The Morgan fingerprint density at radius 1 is 1.10 bits per heavy atom. The molecule has 0 bridgehead atoms. The van der Waals surface area contributed by atoms with Gasteiger partial charge in [-0.2, -0.15) is 0 Å². The second-order valence-corrected chi connectivity index (χ2v) is 4.94. The molecule has 0 aromatic heterocycles. The summed E-state index contributed by atoms with van der Waals surface area (Å²) in [7, 11) is 0. The minimum Gasteiger partial charge on any atom is -0.478 e. The summed E-state index contributed by atoms with van der Waals surface area (Å²) < 4.78 is 27.2. The lowest BCUT2D eigenvalue weighted by atomic mass is 9.96. The molecule has 0 heterocycles. The van der Waals surface area contributed by atoms with E-state index in [1.165, 1.54) is 24.3 Å². The van der Waals surface area contributed by atoms with Gasteiger partial charge in [0.05, 0.1) is 10.0 Å². The van der Waals surface area contributed by atoms with E-state index in [9.17, 15) is 18.7 Å². The first-order valence-electron chi connectivity index (χ1n) is 5.56. The predicted octanol–water partition coefficient (Wildman–Crippen LogP) is 3.51. The quantitative estimate of drug-likeness (QED) is 0.839. The number of hydrogen-bond donors (Lipinski definition) is 2. The van der Waals surface area contributed by atoms with Gasteiger partial charge in [0.25, 0.3) is 0 Å². The van der Waals surface area contributed by atoms with Crippen molar-refractivity contribution < 1.29 is 23.8 Å². The van der Waals surface area contributed by atoms with Crippen molar-refractivity contribution in [3.8, 4) is 0 Å². The second kappa shape index (κ2) is 5.68. The number of aromatic carboxylic acids is 1. The lowest BCUT2D eigenvalue weighted by molar-refractivity contribution is 0.0691. The molecule has 2 rings (SSSR count). The Morgan fingerprint density at radius 3 is 2.40 bits per heavy atom. The summed E-state index contributed by atoms with van der Waals surface area (Å²) in [6, 6.07) is 7.36. The number of aliphatic hydroxyl groups excluding tert-OH is 1. The van der Waals surface area contributed by atoms with E-state index >= 15 is 0 Å². The molecule has 20 heavy (non-hydrogen) atoms. The molecule has 1 unspecified atom stereocenters. The van der Waals surface area contributed by atoms with Crippen molar-refractivity contribution in [1.29, 1.82) is 0 Å². The molecular weight excluding hydrogens is 334 g/mol. The summed E-state index contributed by atoms with van der Waals surface area (Å²) in [4.78, 5) is 11.1. The van der Waals surface area contributed by atoms with Gasteiger partial charge in [0.2, 0.25) is 0 Å². The van der Waals surface area contributed by atoms with E-state index in [0.717, 1.165) is 12.1 Å². The van der Waals surface area contributed by atoms with Crippen molar-refractivity contribution in [2.45, 2.75) is 6.10 Å².